The number of allylic oxidation sites excluding steroid dienone is 10. The molecule has 2 fully saturated rings. The van der Waals surface area contributed by atoms with Gasteiger partial charge in [0.1, 0.15) is 8.24 Å². The zero-order chi connectivity index (χ0) is 26.0. The maximum atomic E-state index is 5.57. The van der Waals surface area contributed by atoms with Crippen LogP contribution in [0.1, 0.15) is 24.8 Å². The van der Waals surface area contributed by atoms with E-state index in [-0.39, 0.29) is 13.5 Å². The van der Waals surface area contributed by atoms with Crippen LogP contribution in [-0.4, -0.2) is 31.1 Å². The van der Waals surface area contributed by atoms with Crippen LogP contribution in [0.4, 0.5) is 0 Å². The molecule has 6 heteroatoms. The van der Waals surface area contributed by atoms with E-state index >= 15 is 0 Å². The first-order valence-electron chi connectivity index (χ1n) is 13.6. The summed E-state index contributed by atoms with van der Waals surface area (Å²) in [5.74, 6) is 2.86. The molecule has 1 saturated carbocycles. The zero-order valence-corrected chi connectivity index (χ0v) is 26.9. The first-order valence-corrected chi connectivity index (χ1v) is 20.9. The third-order valence-electron chi connectivity index (χ3n) is 9.19. The molecule has 1 saturated heterocycles. The molecule has 0 N–H and O–H groups in total. The molecule has 4 aliphatic carbocycles. The molecule has 6 unspecified atom stereocenters. The Hall–Kier alpha value is -0.909. The Bertz CT molecular complexity index is 1080. The molecule has 0 radical (unpaired) electrons. The average molecular weight is 600 g/mol. The van der Waals surface area contributed by atoms with Gasteiger partial charge in [-0.2, -0.15) is 0 Å². The Morgan fingerprint density at radius 1 is 0.789 bits per heavy atom. The second kappa shape index (κ2) is 13.2. The Morgan fingerprint density at radius 2 is 1.29 bits per heavy atom. The number of hydrogen-bond acceptors (Lipinski definition) is 1. The fourth-order valence-electron chi connectivity index (χ4n) is 7.90. The topological polar surface area (TPSA) is 17.3 Å². The molecule has 1 aromatic carbocycles. The summed E-state index contributed by atoms with van der Waals surface area (Å²) in [6.45, 7) is 7.64. The van der Waals surface area contributed by atoms with Gasteiger partial charge < -0.3 is 17.3 Å². The summed E-state index contributed by atoms with van der Waals surface area (Å²) in [4.78, 5) is 0. The monoisotopic (exact) mass is 598 g/mol. The normalized spacial score (nSPS) is 36.4. The minimum atomic E-state index is -1.91. The van der Waals surface area contributed by atoms with E-state index in [1.807, 2.05) is 0 Å². The molecular formula is C32H40Cl2N2SiTi-2. The summed E-state index contributed by atoms with van der Waals surface area (Å²) >= 11 is -0.556. The summed E-state index contributed by atoms with van der Waals surface area (Å²) in [5.41, 5.74) is 2.08. The third-order valence-corrected chi connectivity index (χ3v) is 13.5. The van der Waals surface area contributed by atoms with Gasteiger partial charge in [-0.3, -0.25) is 0 Å². The van der Waals surface area contributed by atoms with E-state index in [1.165, 1.54) is 5.56 Å². The van der Waals surface area contributed by atoms with E-state index in [0.717, 1.165) is 6.42 Å². The predicted molar refractivity (Wildman–Crippen MR) is 164 cm³/mol. The molecule has 38 heavy (non-hydrogen) atoms. The van der Waals surface area contributed by atoms with Crippen LogP contribution in [0.2, 0.25) is 18.6 Å². The first kappa shape index (κ1) is 30.1. The molecule has 1 heterocycles. The van der Waals surface area contributed by atoms with Crippen LogP contribution in [-0.2, 0) is 17.0 Å². The van der Waals surface area contributed by atoms with E-state index in [4.69, 9.17) is 23.9 Å². The van der Waals surface area contributed by atoms with E-state index < -0.39 is 25.3 Å². The van der Waals surface area contributed by atoms with Crippen molar-refractivity contribution in [2.45, 2.75) is 56.1 Å². The minimum absolute atomic E-state index is 0. The number of benzene rings is 1. The molecular weight excluding hydrogens is 559 g/mol. The van der Waals surface area contributed by atoms with Crippen LogP contribution in [0.5, 0.6) is 0 Å². The van der Waals surface area contributed by atoms with Crippen molar-refractivity contribution >= 4 is 26.8 Å². The van der Waals surface area contributed by atoms with Crippen LogP contribution in [0.3, 0.4) is 0 Å². The van der Waals surface area contributed by atoms with Crippen LogP contribution >= 0.6 is 18.6 Å². The van der Waals surface area contributed by atoms with Gasteiger partial charge in [0.15, 0.2) is 0 Å². The van der Waals surface area contributed by atoms with Crippen LogP contribution in [0.15, 0.2) is 103 Å². The SMILES string of the molecule is CC[C@H]1[N-]C2C(c3ccccc3)C=CC=C[C@H]2N1[Si](C)(C)C1C2C=CC=CC2C2C=CC=CC21.[CH3-].[Cl][Ti][Cl]. The summed E-state index contributed by atoms with van der Waals surface area (Å²) < 4.78 is 2.94. The van der Waals surface area contributed by atoms with Gasteiger partial charge in [0, 0.05) is 6.04 Å². The Kier molecular flexibility index (Phi) is 10.4. The van der Waals surface area contributed by atoms with Crippen molar-refractivity contribution in [1.82, 2.24) is 4.57 Å². The standard InChI is InChI=1S/C31H37N2Si.CH3.2ClH.Ti/c1-4-29-32-30-23(22-14-6-5-7-15-22)16-12-13-21-28(30)33(29)34(2,3)31-26-19-10-8-17-24(26)25-18-9-11-20-27(25)31;;;;/h5-21,23-31H,4H2,1-3H3;1H3;2*1H;/q2*-1;;;+2/p-2/t23?,24?,25?,26?,27?,28-,29+,30?,31?;;;;/m1..../s1. The van der Waals surface area contributed by atoms with Crippen molar-refractivity contribution in [3.05, 3.63) is 122 Å². The zero-order valence-electron chi connectivity index (χ0n) is 22.9. The molecule has 0 aromatic heterocycles. The number of halogens is 2. The average Bonchev–Trinajstić information content (AvgIpc) is 3.39. The maximum absolute atomic E-state index is 5.57. The molecule has 1 aromatic rings. The van der Waals surface area contributed by atoms with Crippen molar-refractivity contribution in [1.29, 1.82) is 0 Å². The summed E-state index contributed by atoms with van der Waals surface area (Å²) in [6, 6.07) is 11.7. The second-order valence-electron chi connectivity index (χ2n) is 11.2. The van der Waals surface area contributed by atoms with Crippen molar-refractivity contribution < 1.29 is 17.0 Å². The molecule has 1 aliphatic heterocycles. The summed E-state index contributed by atoms with van der Waals surface area (Å²) in [7, 11) is 7.87. The van der Waals surface area contributed by atoms with Crippen molar-refractivity contribution in [3.8, 4) is 0 Å². The van der Waals surface area contributed by atoms with E-state index in [1.54, 1.807) is 0 Å². The second-order valence-corrected chi connectivity index (χ2v) is 18.3. The van der Waals surface area contributed by atoms with Gasteiger partial charge >= 0.3 is 35.6 Å². The van der Waals surface area contributed by atoms with Gasteiger partial charge in [0.2, 0.25) is 0 Å². The number of nitrogens with zero attached hydrogens (tertiary/aromatic N) is 2. The molecule has 202 valence electrons. The van der Waals surface area contributed by atoms with Crippen molar-refractivity contribution in [3.63, 3.8) is 0 Å². The van der Waals surface area contributed by atoms with E-state index in [9.17, 15) is 0 Å². The van der Waals surface area contributed by atoms with E-state index in [2.05, 4.69) is 128 Å². The Labute approximate surface area is 248 Å². The van der Waals surface area contributed by atoms with Gasteiger partial charge in [0.05, 0.1) is 0 Å². The van der Waals surface area contributed by atoms with Crippen LogP contribution in [0.25, 0.3) is 5.32 Å². The predicted octanol–water partition coefficient (Wildman–Crippen LogP) is 9.19. The fraction of sp³-hybridized carbons (Fsp3) is 0.406. The van der Waals surface area contributed by atoms with Crippen molar-refractivity contribution in [2.75, 3.05) is 0 Å². The third kappa shape index (κ3) is 5.50. The van der Waals surface area contributed by atoms with Crippen LogP contribution in [0, 0.1) is 31.1 Å². The Morgan fingerprint density at radius 3 is 1.84 bits per heavy atom. The molecule has 0 spiro atoms. The van der Waals surface area contributed by atoms with Gasteiger partial charge in [-0.15, -0.1) is 6.04 Å². The molecule has 5 aliphatic rings. The number of rotatable bonds is 4. The van der Waals surface area contributed by atoms with Crippen molar-refractivity contribution in [2.24, 2.45) is 23.7 Å². The molecule has 0 bridgehead atoms. The number of hydrogen-bond donors (Lipinski definition) is 0. The summed E-state index contributed by atoms with van der Waals surface area (Å²) in [6.07, 6.45) is 30.0. The fourth-order valence-corrected chi connectivity index (χ4v) is 12.8. The van der Waals surface area contributed by atoms with E-state index in [0.29, 0.717) is 47.3 Å². The van der Waals surface area contributed by atoms with Crippen LogP contribution < -0.4 is 0 Å². The van der Waals surface area contributed by atoms with Gasteiger partial charge in [-0.25, -0.2) is 0 Å². The van der Waals surface area contributed by atoms with Gasteiger partial charge in [-0.05, 0) is 40.7 Å². The summed E-state index contributed by atoms with van der Waals surface area (Å²) in [5, 5.41) is 5.57. The Balaban J connectivity index is 0.000000804. The number of fused-ring (bicyclic) bond motifs is 4. The molecule has 0 amide bonds. The molecule has 6 rings (SSSR count). The van der Waals surface area contributed by atoms with Gasteiger partial charge in [0.25, 0.3) is 0 Å². The van der Waals surface area contributed by atoms with Gasteiger partial charge in [-0.1, -0.05) is 136 Å². The first-order chi connectivity index (χ1) is 18.0. The molecule has 2 nitrogen and oxygen atoms in total. The molecule has 8 atom stereocenters. The quantitative estimate of drug-likeness (QED) is 0.249.